The molecule has 26 heavy (non-hydrogen) atoms. The molecular formula is C19H18ClN3O3. The first-order valence-electron chi connectivity index (χ1n) is 8.13. The van der Waals surface area contributed by atoms with Crippen molar-refractivity contribution in [1.29, 1.82) is 0 Å². The molecule has 0 unspecified atom stereocenters. The van der Waals surface area contributed by atoms with Crippen LogP contribution in [0.1, 0.15) is 11.5 Å². The van der Waals surface area contributed by atoms with E-state index in [1.165, 1.54) is 0 Å². The molecule has 3 aromatic rings. The number of benzene rings is 2. The predicted molar refractivity (Wildman–Crippen MR) is 98.2 cm³/mol. The molecule has 1 heterocycles. The van der Waals surface area contributed by atoms with E-state index in [9.17, 15) is 4.79 Å². The van der Waals surface area contributed by atoms with Crippen molar-refractivity contribution in [2.24, 2.45) is 0 Å². The minimum atomic E-state index is -0.0685. The lowest BCUT2D eigenvalue weighted by molar-refractivity contribution is -0.120. The molecule has 1 N–H and O–H groups in total. The van der Waals surface area contributed by atoms with E-state index in [-0.39, 0.29) is 5.91 Å². The average molecular weight is 372 g/mol. The SMILES string of the molecule is COc1ccc(CC(=O)NCCc2nc(-c3ccccc3Cl)no2)cc1. The first kappa shape index (κ1) is 17.9. The largest absolute Gasteiger partial charge is 0.497 e. The monoisotopic (exact) mass is 371 g/mol. The molecule has 134 valence electrons. The van der Waals surface area contributed by atoms with Gasteiger partial charge in [0.15, 0.2) is 0 Å². The quantitative estimate of drug-likeness (QED) is 0.689. The Morgan fingerprint density at radius 1 is 1.19 bits per heavy atom. The second kappa shape index (κ2) is 8.49. The van der Waals surface area contributed by atoms with E-state index in [1.54, 1.807) is 13.2 Å². The van der Waals surface area contributed by atoms with Gasteiger partial charge in [-0.05, 0) is 29.8 Å². The highest BCUT2D eigenvalue weighted by Gasteiger charge is 2.11. The van der Waals surface area contributed by atoms with Crippen molar-refractivity contribution in [3.8, 4) is 17.1 Å². The van der Waals surface area contributed by atoms with E-state index < -0.39 is 0 Å². The number of methoxy groups -OCH3 is 1. The Bertz CT molecular complexity index is 878. The Morgan fingerprint density at radius 2 is 1.96 bits per heavy atom. The molecule has 0 radical (unpaired) electrons. The number of halogens is 1. The van der Waals surface area contributed by atoms with Gasteiger partial charge in [-0.3, -0.25) is 4.79 Å². The maximum atomic E-state index is 12.0. The maximum Gasteiger partial charge on any atom is 0.228 e. The van der Waals surface area contributed by atoms with Gasteiger partial charge >= 0.3 is 0 Å². The summed E-state index contributed by atoms with van der Waals surface area (Å²) >= 11 is 6.12. The van der Waals surface area contributed by atoms with Crippen LogP contribution in [-0.2, 0) is 17.6 Å². The Kier molecular flexibility index (Phi) is 5.86. The van der Waals surface area contributed by atoms with Crippen LogP contribution < -0.4 is 10.1 Å². The van der Waals surface area contributed by atoms with Gasteiger partial charge in [0.05, 0.1) is 18.6 Å². The van der Waals surface area contributed by atoms with Crippen LogP contribution in [0.15, 0.2) is 53.1 Å². The molecule has 1 aromatic heterocycles. The van der Waals surface area contributed by atoms with Crippen molar-refractivity contribution >= 4 is 17.5 Å². The van der Waals surface area contributed by atoms with Crippen LogP contribution in [0.5, 0.6) is 5.75 Å². The van der Waals surface area contributed by atoms with Crippen LogP contribution in [0, 0.1) is 0 Å². The standard InChI is InChI=1S/C19H18ClN3O3/c1-25-14-8-6-13(7-9-14)12-17(24)21-11-10-18-22-19(23-26-18)15-4-2-3-5-16(15)20/h2-9H,10-12H2,1H3,(H,21,24). The Hall–Kier alpha value is -2.86. The van der Waals surface area contributed by atoms with Gasteiger partial charge in [0.1, 0.15) is 5.75 Å². The van der Waals surface area contributed by atoms with E-state index in [2.05, 4.69) is 15.5 Å². The highest BCUT2D eigenvalue weighted by atomic mass is 35.5. The van der Waals surface area contributed by atoms with Gasteiger partial charge in [0.25, 0.3) is 0 Å². The summed E-state index contributed by atoms with van der Waals surface area (Å²) in [5.74, 6) is 1.58. The van der Waals surface area contributed by atoms with E-state index in [0.29, 0.717) is 41.7 Å². The van der Waals surface area contributed by atoms with Gasteiger partial charge in [-0.15, -0.1) is 0 Å². The van der Waals surface area contributed by atoms with Gasteiger partial charge in [-0.25, -0.2) is 0 Å². The minimum Gasteiger partial charge on any atom is -0.497 e. The van der Waals surface area contributed by atoms with Crippen molar-refractivity contribution in [1.82, 2.24) is 15.5 Å². The first-order valence-corrected chi connectivity index (χ1v) is 8.50. The van der Waals surface area contributed by atoms with Crippen LogP contribution in [0.3, 0.4) is 0 Å². The van der Waals surface area contributed by atoms with Crippen molar-refractivity contribution < 1.29 is 14.1 Å². The second-order valence-corrected chi connectivity index (χ2v) is 6.02. The van der Waals surface area contributed by atoms with Crippen LogP contribution in [0.4, 0.5) is 0 Å². The fraction of sp³-hybridized carbons (Fsp3) is 0.211. The molecule has 0 saturated heterocycles. The number of amides is 1. The zero-order valence-corrected chi connectivity index (χ0v) is 15.0. The summed E-state index contributed by atoms with van der Waals surface area (Å²) in [7, 11) is 1.61. The molecule has 7 heteroatoms. The maximum absolute atomic E-state index is 12.0. The number of rotatable bonds is 7. The topological polar surface area (TPSA) is 77.2 Å². The predicted octanol–water partition coefficient (Wildman–Crippen LogP) is 3.30. The molecule has 0 aliphatic heterocycles. The van der Waals surface area contributed by atoms with Crippen LogP contribution in [0.2, 0.25) is 5.02 Å². The molecule has 0 aliphatic carbocycles. The lowest BCUT2D eigenvalue weighted by atomic mass is 10.1. The van der Waals surface area contributed by atoms with Crippen LogP contribution >= 0.6 is 11.6 Å². The summed E-state index contributed by atoms with van der Waals surface area (Å²) in [6.45, 7) is 0.416. The first-order chi connectivity index (χ1) is 12.7. The van der Waals surface area contributed by atoms with Crippen LogP contribution in [-0.4, -0.2) is 29.7 Å². The average Bonchev–Trinajstić information content (AvgIpc) is 3.11. The molecule has 2 aromatic carbocycles. The Balaban J connectivity index is 1.49. The van der Waals surface area contributed by atoms with E-state index in [0.717, 1.165) is 11.3 Å². The summed E-state index contributed by atoms with van der Waals surface area (Å²) in [5.41, 5.74) is 1.63. The summed E-state index contributed by atoms with van der Waals surface area (Å²) in [6.07, 6.45) is 0.754. The van der Waals surface area contributed by atoms with Crippen molar-refractivity contribution in [3.05, 3.63) is 65.0 Å². The number of carbonyl (C=O) groups is 1. The molecule has 1 amide bonds. The van der Waals surface area contributed by atoms with Gasteiger partial charge in [0, 0.05) is 18.5 Å². The van der Waals surface area contributed by atoms with E-state index >= 15 is 0 Å². The number of carbonyl (C=O) groups excluding carboxylic acids is 1. The zero-order chi connectivity index (χ0) is 18.4. The summed E-state index contributed by atoms with van der Waals surface area (Å²) in [6, 6.07) is 14.7. The lowest BCUT2D eigenvalue weighted by Gasteiger charge is -2.05. The smallest absolute Gasteiger partial charge is 0.228 e. The highest BCUT2D eigenvalue weighted by molar-refractivity contribution is 6.33. The van der Waals surface area contributed by atoms with Gasteiger partial charge < -0.3 is 14.6 Å². The molecule has 0 saturated carbocycles. The molecule has 0 fully saturated rings. The third-order valence-corrected chi connectivity index (χ3v) is 4.10. The summed E-state index contributed by atoms with van der Waals surface area (Å²) in [5, 5.41) is 7.34. The number of hydrogen-bond acceptors (Lipinski definition) is 5. The molecule has 0 aliphatic rings. The lowest BCUT2D eigenvalue weighted by Crippen LogP contribution is -2.27. The van der Waals surface area contributed by atoms with Crippen molar-refractivity contribution in [3.63, 3.8) is 0 Å². The fourth-order valence-corrected chi connectivity index (χ4v) is 2.63. The summed E-state index contributed by atoms with van der Waals surface area (Å²) < 4.78 is 10.3. The number of nitrogens with zero attached hydrogens (tertiary/aromatic N) is 2. The fourth-order valence-electron chi connectivity index (χ4n) is 2.41. The zero-order valence-electron chi connectivity index (χ0n) is 14.2. The van der Waals surface area contributed by atoms with E-state index in [4.69, 9.17) is 20.9 Å². The number of ether oxygens (including phenoxy) is 1. The Morgan fingerprint density at radius 3 is 2.69 bits per heavy atom. The third-order valence-electron chi connectivity index (χ3n) is 3.77. The number of nitrogens with one attached hydrogen (secondary N) is 1. The highest BCUT2D eigenvalue weighted by Crippen LogP contribution is 2.24. The normalized spacial score (nSPS) is 10.5. The molecule has 6 nitrogen and oxygen atoms in total. The van der Waals surface area contributed by atoms with Gasteiger partial charge in [-0.1, -0.05) is 41.0 Å². The Labute approximate surface area is 156 Å². The second-order valence-electron chi connectivity index (χ2n) is 5.62. The van der Waals surface area contributed by atoms with Gasteiger partial charge in [-0.2, -0.15) is 4.98 Å². The molecule has 3 rings (SSSR count). The van der Waals surface area contributed by atoms with Crippen molar-refractivity contribution in [2.45, 2.75) is 12.8 Å². The molecule has 0 spiro atoms. The third kappa shape index (κ3) is 4.61. The van der Waals surface area contributed by atoms with E-state index in [1.807, 2.05) is 42.5 Å². The molecule has 0 atom stereocenters. The molecule has 0 bridgehead atoms. The minimum absolute atomic E-state index is 0.0685. The number of aromatic nitrogens is 2. The molecular weight excluding hydrogens is 354 g/mol. The van der Waals surface area contributed by atoms with Crippen LogP contribution in [0.25, 0.3) is 11.4 Å². The van der Waals surface area contributed by atoms with Crippen molar-refractivity contribution in [2.75, 3.05) is 13.7 Å². The van der Waals surface area contributed by atoms with Gasteiger partial charge in [0.2, 0.25) is 17.6 Å². The summed E-state index contributed by atoms with van der Waals surface area (Å²) in [4.78, 5) is 16.3. The number of hydrogen-bond donors (Lipinski definition) is 1.